The van der Waals surface area contributed by atoms with Gasteiger partial charge in [0.05, 0.1) is 12.0 Å². The van der Waals surface area contributed by atoms with E-state index in [1.165, 1.54) is 0 Å². The van der Waals surface area contributed by atoms with Gasteiger partial charge < -0.3 is 15.5 Å². The topological polar surface area (TPSA) is 44.4 Å². The fraction of sp³-hybridized carbons (Fsp3) is 0.688. The maximum absolute atomic E-state index is 12.8. The summed E-state index contributed by atoms with van der Waals surface area (Å²) in [6.45, 7) is 0.411. The van der Waals surface area contributed by atoms with Crippen LogP contribution < -0.4 is 10.6 Å². The summed E-state index contributed by atoms with van der Waals surface area (Å²) in [5.41, 5.74) is 0. The first kappa shape index (κ1) is 19.1. The molecule has 0 saturated heterocycles. The van der Waals surface area contributed by atoms with Gasteiger partial charge in [0, 0.05) is 17.5 Å². The molecule has 0 aliphatic heterocycles. The van der Waals surface area contributed by atoms with Gasteiger partial charge >= 0.3 is 12.2 Å². The normalized spacial score (nSPS) is 23.1. The molecule has 4 nitrogen and oxygen atoms in total. The van der Waals surface area contributed by atoms with Gasteiger partial charge in [0.1, 0.15) is 0 Å². The smallest absolute Gasteiger partial charge is 0.336 e. The molecule has 1 aliphatic rings. The van der Waals surface area contributed by atoms with Crippen molar-refractivity contribution in [3.63, 3.8) is 0 Å². The van der Waals surface area contributed by atoms with E-state index in [1.807, 2.05) is 36.5 Å². The lowest BCUT2D eigenvalue weighted by atomic mass is 9.85. The van der Waals surface area contributed by atoms with Gasteiger partial charge in [-0.3, -0.25) is 0 Å². The largest absolute Gasteiger partial charge is 0.391 e. The lowest BCUT2D eigenvalue weighted by molar-refractivity contribution is -0.183. The number of thiophene rings is 1. The molecule has 1 heterocycles. The molecule has 2 amide bonds. The number of nitrogens with zero attached hydrogens (tertiary/aromatic N) is 1. The summed E-state index contributed by atoms with van der Waals surface area (Å²) < 4.78 is 38.5. The summed E-state index contributed by atoms with van der Waals surface area (Å²) in [5, 5.41) is 7.46. The van der Waals surface area contributed by atoms with Gasteiger partial charge in [0.2, 0.25) is 0 Å². The third-order valence-electron chi connectivity index (χ3n) is 4.42. The molecule has 136 valence electrons. The Morgan fingerprint density at radius 1 is 1.42 bits per heavy atom. The van der Waals surface area contributed by atoms with Crippen molar-refractivity contribution < 1.29 is 18.0 Å². The Kier molecular flexibility index (Phi) is 6.51. The summed E-state index contributed by atoms with van der Waals surface area (Å²) in [6, 6.07) is 3.20. The van der Waals surface area contributed by atoms with Crippen molar-refractivity contribution >= 4 is 17.4 Å². The maximum Gasteiger partial charge on any atom is 0.391 e. The van der Waals surface area contributed by atoms with Gasteiger partial charge in [-0.2, -0.15) is 13.2 Å². The van der Waals surface area contributed by atoms with Gasteiger partial charge in [-0.25, -0.2) is 4.79 Å². The Morgan fingerprint density at radius 2 is 2.17 bits per heavy atom. The zero-order chi connectivity index (χ0) is 17.7. The Labute approximate surface area is 144 Å². The van der Waals surface area contributed by atoms with Crippen LogP contribution in [-0.2, 0) is 0 Å². The fourth-order valence-electron chi connectivity index (χ4n) is 3.06. The number of hydrogen-bond donors (Lipinski definition) is 2. The second kappa shape index (κ2) is 8.20. The van der Waals surface area contributed by atoms with E-state index in [2.05, 4.69) is 10.6 Å². The minimum absolute atomic E-state index is 0.0288. The summed E-state index contributed by atoms with van der Waals surface area (Å²) >= 11 is 1.61. The molecule has 0 radical (unpaired) electrons. The van der Waals surface area contributed by atoms with Gasteiger partial charge in [-0.15, -0.1) is 11.3 Å². The first-order valence-corrected chi connectivity index (χ1v) is 8.96. The van der Waals surface area contributed by atoms with E-state index in [0.29, 0.717) is 19.4 Å². The van der Waals surface area contributed by atoms with Crippen LogP contribution in [0.25, 0.3) is 0 Å². The van der Waals surface area contributed by atoms with Crippen LogP contribution in [0.1, 0.15) is 36.6 Å². The van der Waals surface area contributed by atoms with Crippen LogP contribution in [0.4, 0.5) is 18.0 Å². The van der Waals surface area contributed by atoms with E-state index in [-0.39, 0.29) is 18.9 Å². The molecule has 1 aromatic rings. The van der Waals surface area contributed by atoms with Crippen molar-refractivity contribution in [1.82, 2.24) is 15.5 Å². The average Bonchev–Trinajstić information content (AvgIpc) is 3.00. The Bertz CT molecular complexity index is 519. The maximum atomic E-state index is 12.8. The number of rotatable bonds is 5. The van der Waals surface area contributed by atoms with Crippen molar-refractivity contribution in [3.8, 4) is 0 Å². The predicted octanol–water partition coefficient (Wildman–Crippen LogP) is 3.77. The molecule has 0 aromatic carbocycles. The highest BCUT2D eigenvalue weighted by atomic mass is 32.1. The van der Waals surface area contributed by atoms with Crippen LogP contribution in [0.3, 0.4) is 0 Å². The minimum Gasteiger partial charge on any atom is -0.336 e. The standard InChI is InChI=1S/C16H24F3N3OS/c1-22(2)13(14-7-4-8-24-14)10-20-15(23)21-12-6-3-5-11(9-12)16(17,18)19/h4,7-8,11-13H,3,5-6,9-10H2,1-2H3,(H2,20,21,23). The fourth-order valence-corrected chi connectivity index (χ4v) is 3.99. The number of amides is 2. The lowest BCUT2D eigenvalue weighted by Gasteiger charge is -2.31. The highest BCUT2D eigenvalue weighted by molar-refractivity contribution is 7.10. The summed E-state index contributed by atoms with van der Waals surface area (Å²) in [4.78, 5) is 15.2. The molecule has 0 spiro atoms. The summed E-state index contributed by atoms with van der Waals surface area (Å²) in [7, 11) is 3.86. The molecule has 1 aromatic heterocycles. The van der Waals surface area contributed by atoms with Gasteiger partial charge in [0.15, 0.2) is 0 Å². The highest BCUT2D eigenvalue weighted by Crippen LogP contribution is 2.37. The number of halogens is 3. The molecular weight excluding hydrogens is 339 g/mol. The van der Waals surface area contributed by atoms with Crippen molar-refractivity contribution in [2.75, 3.05) is 20.6 Å². The highest BCUT2D eigenvalue weighted by Gasteiger charge is 2.42. The van der Waals surface area contributed by atoms with E-state index >= 15 is 0 Å². The molecule has 8 heteroatoms. The molecule has 1 aliphatic carbocycles. The second-order valence-electron chi connectivity index (χ2n) is 6.45. The number of urea groups is 1. The van der Waals surface area contributed by atoms with Crippen molar-refractivity contribution in [2.24, 2.45) is 5.92 Å². The molecule has 0 bridgehead atoms. The van der Waals surface area contributed by atoms with Gasteiger partial charge in [-0.05, 0) is 44.8 Å². The molecule has 1 fully saturated rings. The lowest BCUT2D eigenvalue weighted by Crippen LogP contribution is -2.47. The third-order valence-corrected chi connectivity index (χ3v) is 5.40. The van der Waals surface area contributed by atoms with Crippen LogP contribution in [0.15, 0.2) is 17.5 Å². The monoisotopic (exact) mass is 363 g/mol. The summed E-state index contributed by atoms with van der Waals surface area (Å²) in [5.74, 6) is -1.31. The van der Waals surface area contributed by atoms with Crippen LogP contribution in [-0.4, -0.2) is 43.8 Å². The Morgan fingerprint density at radius 3 is 2.75 bits per heavy atom. The first-order chi connectivity index (χ1) is 11.3. The Hall–Kier alpha value is -1.28. The number of hydrogen-bond acceptors (Lipinski definition) is 3. The second-order valence-corrected chi connectivity index (χ2v) is 7.43. The van der Waals surface area contributed by atoms with E-state index in [0.717, 1.165) is 4.88 Å². The molecule has 24 heavy (non-hydrogen) atoms. The van der Waals surface area contributed by atoms with Gasteiger partial charge in [0.25, 0.3) is 0 Å². The number of likely N-dealkylation sites (N-methyl/N-ethyl adjacent to an activating group) is 1. The average molecular weight is 363 g/mol. The molecule has 3 unspecified atom stereocenters. The summed E-state index contributed by atoms with van der Waals surface area (Å²) in [6.07, 6.45) is -2.96. The third kappa shape index (κ3) is 5.37. The number of nitrogens with one attached hydrogen (secondary N) is 2. The van der Waals surface area contributed by atoms with Crippen LogP contribution in [0.5, 0.6) is 0 Å². The van der Waals surface area contributed by atoms with E-state index in [4.69, 9.17) is 0 Å². The van der Waals surface area contributed by atoms with Crippen LogP contribution in [0.2, 0.25) is 0 Å². The van der Waals surface area contributed by atoms with E-state index in [1.54, 1.807) is 11.3 Å². The van der Waals surface area contributed by atoms with Gasteiger partial charge in [-0.1, -0.05) is 12.5 Å². The van der Waals surface area contributed by atoms with Crippen molar-refractivity contribution in [2.45, 2.75) is 43.9 Å². The quantitative estimate of drug-likeness (QED) is 0.836. The first-order valence-electron chi connectivity index (χ1n) is 8.08. The molecule has 1 saturated carbocycles. The minimum atomic E-state index is -4.17. The number of carbonyl (C=O) groups excluding carboxylic acids is 1. The van der Waals surface area contributed by atoms with Crippen LogP contribution >= 0.6 is 11.3 Å². The van der Waals surface area contributed by atoms with Crippen LogP contribution in [0, 0.1) is 5.92 Å². The molecule has 3 atom stereocenters. The number of carbonyl (C=O) groups is 1. The molecule has 2 N–H and O–H groups in total. The SMILES string of the molecule is CN(C)C(CNC(=O)NC1CCCC(C(F)(F)F)C1)c1cccs1. The zero-order valence-corrected chi connectivity index (χ0v) is 14.7. The Balaban J connectivity index is 1.82. The van der Waals surface area contributed by atoms with E-state index < -0.39 is 24.2 Å². The molecule has 2 rings (SSSR count). The van der Waals surface area contributed by atoms with E-state index in [9.17, 15) is 18.0 Å². The number of alkyl halides is 3. The molecular formula is C16H24F3N3OS. The van der Waals surface area contributed by atoms with Crippen molar-refractivity contribution in [1.29, 1.82) is 0 Å². The van der Waals surface area contributed by atoms with Crippen molar-refractivity contribution in [3.05, 3.63) is 22.4 Å². The predicted molar refractivity (Wildman–Crippen MR) is 89.1 cm³/mol. The zero-order valence-electron chi connectivity index (χ0n) is 13.9.